The van der Waals surface area contributed by atoms with E-state index in [2.05, 4.69) is 0 Å². The minimum Gasteiger partial charge on any atom is -0.437 e. The lowest BCUT2D eigenvalue weighted by atomic mass is 9.84. The van der Waals surface area contributed by atoms with E-state index in [1.165, 1.54) is 0 Å². The molecule has 0 aliphatic carbocycles. The molecule has 1 aliphatic heterocycles. The van der Waals surface area contributed by atoms with E-state index in [-0.39, 0.29) is 0 Å². The van der Waals surface area contributed by atoms with Gasteiger partial charge in [-0.05, 0) is 18.2 Å². The first kappa shape index (κ1) is 16.2. The molecule has 1 fully saturated rings. The molecule has 0 bridgehead atoms. The minimum absolute atomic E-state index is 0.553. The van der Waals surface area contributed by atoms with Crippen molar-refractivity contribution in [3.63, 3.8) is 0 Å². The monoisotopic (exact) mass is 363 g/mol. The first-order chi connectivity index (χ1) is 12.8. The highest BCUT2D eigenvalue weighted by molar-refractivity contribution is 5.96. The molecule has 2 aromatic heterocycles. The van der Waals surface area contributed by atoms with Gasteiger partial charge in [0.1, 0.15) is 0 Å². The molecule has 136 valence electrons. The number of nitrogens with zero attached hydrogens (tertiary/aromatic N) is 3. The summed E-state index contributed by atoms with van der Waals surface area (Å²) >= 11 is 0. The van der Waals surface area contributed by atoms with Crippen molar-refractivity contribution in [2.45, 2.75) is 44.9 Å². The van der Waals surface area contributed by atoms with E-state index in [4.69, 9.17) is 4.42 Å². The average molecular weight is 363 g/mol. The molecule has 0 atom stereocenters. The number of aromatic nitrogens is 1. The van der Waals surface area contributed by atoms with Crippen molar-refractivity contribution in [1.82, 2.24) is 4.40 Å². The van der Waals surface area contributed by atoms with Gasteiger partial charge in [-0.1, -0.05) is 30.3 Å². The topological polar surface area (TPSA) is 57.7 Å². The summed E-state index contributed by atoms with van der Waals surface area (Å²) in [5, 5.41) is 0.863. The zero-order valence-electron chi connectivity index (χ0n) is 15.8. The number of para-hydroxylation sites is 3. The van der Waals surface area contributed by atoms with Gasteiger partial charge in [-0.2, -0.15) is 0 Å². The number of fused-ring (bicyclic) bond motifs is 5. The molecule has 2 aromatic carbocycles. The van der Waals surface area contributed by atoms with Crippen molar-refractivity contribution in [1.29, 1.82) is 0 Å². The van der Waals surface area contributed by atoms with Gasteiger partial charge in [0, 0.05) is 42.9 Å². The summed E-state index contributed by atoms with van der Waals surface area (Å²) < 4.78 is 10.00. The van der Waals surface area contributed by atoms with Crippen molar-refractivity contribution in [2.75, 3.05) is 0 Å². The van der Waals surface area contributed by atoms with Gasteiger partial charge in [-0.25, -0.2) is 0 Å². The molecule has 0 N–H and O–H groups in total. The van der Waals surface area contributed by atoms with Gasteiger partial charge in [0.15, 0.2) is 11.1 Å². The van der Waals surface area contributed by atoms with Crippen LogP contribution in [0, 0.1) is 9.81 Å². The lowest BCUT2D eigenvalue weighted by Gasteiger charge is -2.15. The highest BCUT2D eigenvalue weighted by Gasteiger charge is 2.76. The Bertz CT molecular complexity index is 1250. The van der Waals surface area contributed by atoms with E-state index >= 15 is 0 Å². The fourth-order valence-electron chi connectivity index (χ4n) is 4.14. The molecule has 1 aliphatic rings. The lowest BCUT2D eigenvalue weighted by Crippen LogP contribution is -2.48. The Hall–Kier alpha value is -3.02. The second-order valence-electron chi connectivity index (χ2n) is 8.28. The number of benzene rings is 2. The van der Waals surface area contributed by atoms with Crippen molar-refractivity contribution in [2.24, 2.45) is 0 Å². The van der Waals surface area contributed by atoms with E-state index in [1.54, 1.807) is 0 Å². The summed E-state index contributed by atoms with van der Waals surface area (Å²) in [7, 11) is 0. The summed E-state index contributed by atoms with van der Waals surface area (Å²) in [6, 6.07) is 15.5. The minimum atomic E-state index is -0.967. The molecule has 1 saturated heterocycles. The van der Waals surface area contributed by atoms with E-state index in [1.807, 2.05) is 80.6 Å². The number of rotatable bonds is 1. The summed E-state index contributed by atoms with van der Waals surface area (Å²) in [4.78, 5) is 26.6. The van der Waals surface area contributed by atoms with Gasteiger partial charge in [0.05, 0.1) is 20.6 Å². The predicted octanol–water partition coefficient (Wildman–Crippen LogP) is 4.97. The van der Waals surface area contributed by atoms with Crippen LogP contribution in [0.3, 0.4) is 0 Å². The number of oxazole rings is 1. The van der Waals surface area contributed by atoms with Crippen LogP contribution in [0.5, 0.6) is 0 Å². The summed E-state index contributed by atoms with van der Waals surface area (Å²) in [5.41, 5.74) is 2.06. The molecule has 0 spiro atoms. The van der Waals surface area contributed by atoms with Gasteiger partial charge in [-0.15, -0.1) is 0 Å². The van der Waals surface area contributed by atoms with Crippen LogP contribution in [0.25, 0.3) is 27.7 Å². The molecule has 0 unspecified atom stereocenters. The zero-order valence-corrected chi connectivity index (χ0v) is 15.8. The van der Waals surface area contributed by atoms with Crippen molar-refractivity contribution in [3.8, 4) is 0 Å². The van der Waals surface area contributed by atoms with Crippen LogP contribution < -0.4 is 0 Å². The third kappa shape index (κ3) is 1.75. The third-order valence-corrected chi connectivity index (χ3v) is 6.48. The van der Waals surface area contributed by atoms with Gasteiger partial charge in [0.2, 0.25) is 5.71 Å². The smallest absolute Gasteiger partial charge is 0.437 e. The normalized spacial score (nSPS) is 19.7. The molecule has 27 heavy (non-hydrogen) atoms. The van der Waals surface area contributed by atoms with Gasteiger partial charge in [0.25, 0.3) is 11.1 Å². The van der Waals surface area contributed by atoms with Crippen molar-refractivity contribution in [3.05, 3.63) is 63.9 Å². The summed E-state index contributed by atoms with van der Waals surface area (Å²) in [6.07, 6.45) is -0.967. The van der Waals surface area contributed by atoms with Crippen LogP contribution in [-0.2, 0) is 0 Å². The van der Waals surface area contributed by atoms with E-state index in [0.717, 1.165) is 31.5 Å². The molecule has 0 saturated carbocycles. The first-order valence-corrected chi connectivity index (χ1v) is 9.10. The Morgan fingerprint density at radius 1 is 0.852 bits per heavy atom. The van der Waals surface area contributed by atoms with E-state index in [9.17, 15) is 9.81 Å². The predicted molar refractivity (Wildman–Crippen MR) is 103 cm³/mol. The van der Waals surface area contributed by atoms with Crippen molar-refractivity contribution < 1.29 is 13.9 Å². The fourth-order valence-corrected chi connectivity index (χ4v) is 4.14. The molecule has 5 rings (SSSR count). The third-order valence-electron chi connectivity index (χ3n) is 6.48. The van der Waals surface area contributed by atoms with Crippen molar-refractivity contribution >= 4 is 27.7 Å². The number of hydrogen-bond donors (Lipinski definition) is 0. The number of nitroso groups, excluding NO2 is 2. The maximum absolute atomic E-state index is 13.3. The van der Waals surface area contributed by atoms with Gasteiger partial charge >= 0.3 is 6.17 Å². The van der Waals surface area contributed by atoms with Crippen LogP contribution in [0.1, 0.15) is 39.4 Å². The first-order valence-electron chi connectivity index (χ1n) is 9.10. The second-order valence-corrected chi connectivity index (χ2v) is 8.28. The van der Waals surface area contributed by atoms with Gasteiger partial charge < -0.3 is 4.42 Å². The summed E-state index contributed by atoms with van der Waals surface area (Å²) in [6.45, 7) is 7.27. The Balaban J connectivity index is 1.93. The SMILES string of the molecule is CC1(C)[N+](=O)C(c2c3ccccc3n3c2oc2ccccc23)[N+](=O)C1(C)C. The van der Waals surface area contributed by atoms with Crippen LogP contribution in [0.4, 0.5) is 0 Å². The lowest BCUT2D eigenvalue weighted by molar-refractivity contribution is -0.763. The van der Waals surface area contributed by atoms with Crippen LogP contribution in [-0.4, -0.2) is 25.0 Å². The molecule has 4 aromatic rings. The Labute approximate surface area is 155 Å². The molecular weight excluding hydrogens is 342 g/mol. The maximum atomic E-state index is 13.3. The Morgan fingerprint density at radius 3 is 2.07 bits per heavy atom. The van der Waals surface area contributed by atoms with Crippen LogP contribution >= 0.6 is 0 Å². The molecular formula is C21H21N3O3+2. The quantitative estimate of drug-likeness (QED) is 0.449. The second kappa shape index (κ2) is 4.82. The Kier molecular flexibility index (Phi) is 2.89. The molecule has 6 nitrogen and oxygen atoms in total. The van der Waals surface area contributed by atoms with Crippen LogP contribution in [0.15, 0.2) is 52.9 Å². The molecule has 3 heterocycles. The average Bonchev–Trinajstić information content (AvgIpc) is 3.20. The zero-order chi connectivity index (χ0) is 19.1. The molecule has 0 amide bonds. The van der Waals surface area contributed by atoms with E-state index in [0.29, 0.717) is 11.3 Å². The fraction of sp³-hybridized carbons (Fsp3) is 0.333. The number of hydrogen-bond acceptors (Lipinski definition) is 3. The standard InChI is InChI=1S/C21H21N3O3/c1-20(2)21(3,4)24(26)18(23(20)25)17-13-9-5-6-10-14(13)22-15-11-7-8-12-16(15)27-19(17)22/h5-12,18H,1-4H3/q+2. The Morgan fingerprint density at radius 2 is 1.41 bits per heavy atom. The highest BCUT2D eigenvalue weighted by atomic mass is 16.4. The van der Waals surface area contributed by atoms with Gasteiger partial charge in [-0.3, -0.25) is 4.40 Å². The summed E-state index contributed by atoms with van der Waals surface area (Å²) in [5.74, 6) is 0. The highest BCUT2D eigenvalue weighted by Crippen LogP contribution is 2.47. The molecule has 6 heteroatoms. The maximum Gasteiger partial charge on any atom is 0.464 e. The largest absolute Gasteiger partial charge is 0.464 e. The molecule has 0 radical (unpaired) electrons. The van der Waals surface area contributed by atoms with E-state index < -0.39 is 17.2 Å². The van der Waals surface area contributed by atoms with Crippen LogP contribution in [0.2, 0.25) is 0 Å².